The molecule has 0 aliphatic carbocycles. The Hall–Kier alpha value is -1.84. The molecular formula is C12H19F3N4O3. The van der Waals surface area contributed by atoms with Gasteiger partial charge in [0.05, 0.1) is 12.6 Å². The van der Waals surface area contributed by atoms with Gasteiger partial charge < -0.3 is 10.2 Å². The lowest BCUT2D eigenvalue weighted by atomic mass is 10.2. The molecule has 1 unspecified atom stereocenters. The van der Waals surface area contributed by atoms with Gasteiger partial charge in [-0.15, -0.1) is 0 Å². The van der Waals surface area contributed by atoms with Crippen molar-refractivity contribution in [2.45, 2.75) is 25.1 Å². The van der Waals surface area contributed by atoms with Crippen molar-refractivity contribution in [1.29, 1.82) is 0 Å². The number of imide groups is 1. The molecule has 2 N–H and O–H groups in total. The van der Waals surface area contributed by atoms with E-state index < -0.39 is 30.7 Å². The molecule has 1 rings (SSSR count). The third kappa shape index (κ3) is 5.88. The number of halogens is 3. The second-order valence-corrected chi connectivity index (χ2v) is 5.21. The van der Waals surface area contributed by atoms with Crippen LogP contribution < -0.4 is 10.6 Å². The molecule has 0 bridgehead atoms. The Morgan fingerprint density at radius 2 is 1.91 bits per heavy atom. The van der Waals surface area contributed by atoms with Gasteiger partial charge in [0.25, 0.3) is 0 Å². The smallest absolute Gasteiger partial charge is 0.347 e. The van der Waals surface area contributed by atoms with E-state index in [4.69, 9.17) is 0 Å². The maximum atomic E-state index is 11.9. The maximum absolute atomic E-state index is 11.9. The second-order valence-electron chi connectivity index (χ2n) is 5.21. The minimum atomic E-state index is -4.54. The molecule has 4 amide bonds. The average molecular weight is 324 g/mol. The molecule has 1 aliphatic rings. The zero-order chi connectivity index (χ0) is 16.9. The molecule has 1 heterocycles. The van der Waals surface area contributed by atoms with Crippen LogP contribution in [0.1, 0.15) is 12.8 Å². The normalized spacial score (nSPS) is 18.9. The van der Waals surface area contributed by atoms with Gasteiger partial charge in [-0.2, -0.15) is 13.2 Å². The maximum Gasteiger partial charge on any atom is 0.405 e. The third-order valence-corrected chi connectivity index (χ3v) is 3.14. The fourth-order valence-corrected chi connectivity index (χ4v) is 2.17. The molecule has 0 aromatic heterocycles. The largest absolute Gasteiger partial charge is 0.405 e. The first-order valence-electron chi connectivity index (χ1n) is 6.70. The second kappa shape index (κ2) is 7.43. The lowest BCUT2D eigenvalue weighted by molar-refractivity contribution is -0.134. The van der Waals surface area contributed by atoms with Crippen molar-refractivity contribution in [2.24, 2.45) is 0 Å². The molecular weight excluding hydrogens is 305 g/mol. The van der Waals surface area contributed by atoms with Crippen molar-refractivity contribution in [3.8, 4) is 0 Å². The van der Waals surface area contributed by atoms with Crippen LogP contribution in [0.15, 0.2) is 0 Å². The lowest BCUT2D eigenvalue weighted by Gasteiger charge is -2.25. The van der Waals surface area contributed by atoms with Crippen molar-refractivity contribution in [1.82, 2.24) is 20.4 Å². The van der Waals surface area contributed by atoms with Crippen LogP contribution in [-0.4, -0.2) is 73.6 Å². The van der Waals surface area contributed by atoms with E-state index in [1.807, 2.05) is 5.32 Å². The topological polar surface area (TPSA) is 81.8 Å². The summed E-state index contributed by atoms with van der Waals surface area (Å²) in [7, 11) is 3.20. The highest BCUT2D eigenvalue weighted by Gasteiger charge is 2.33. The van der Waals surface area contributed by atoms with E-state index in [0.29, 0.717) is 13.0 Å². The van der Waals surface area contributed by atoms with E-state index in [9.17, 15) is 27.6 Å². The van der Waals surface area contributed by atoms with Crippen molar-refractivity contribution in [3.63, 3.8) is 0 Å². The van der Waals surface area contributed by atoms with Gasteiger partial charge in [-0.05, 0) is 19.4 Å². The monoisotopic (exact) mass is 324 g/mol. The standard InChI is InChI=1S/C12H19F3N4O3/c1-18(2)10(21)8-4-3-5-19(8)6-9(20)17-11(22)16-7-12(13,14)15/h8H,3-7H2,1-2H3,(H2,16,17,20,22). The molecule has 1 saturated heterocycles. The Morgan fingerprint density at radius 1 is 1.27 bits per heavy atom. The number of amides is 4. The molecule has 0 aromatic rings. The molecule has 7 nitrogen and oxygen atoms in total. The Bertz CT molecular complexity index is 440. The predicted octanol–water partition coefficient (Wildman–Crippen LogP) is -0.0729. The predicted molar refractivity (Wildman–Crippen MR) is 70.9 cm³/mol. The van der Waals surface area contributed by atoms with Gasteiger partial charge in [0.15, 0.2) is 0 Å². The Morgan fingerprint density at radius 3 is 2.45 bits per heavy atom. The van der Waals surface area contributed by atoms with E-state index >= 15 is 0 Å². The summed E-state index contributed by atoms with van der Waals surface area (Å²) in [4.78, 5) is 37.8. The van der Waals surface area contributed by atoms with E-state index in [-0.39, 0.29) is 12.5 Å². The summed E-state index contributed by atoms with van der Waals surface area (Å²) in [6.45, 7) is -1.22. The summed E-state index contributed by atoms with van der Waals surface area (Å²) in [5, 5.41) is 3.35. The first kappa shape index (κ1) is 18.2. The molecule has 0 aromatic carbocycles. The number of carbonyl (C=O) groups is 3. The van der Waals surface area contributed by atoms with Crippen molar-refractivity contribution < 1.29 is 27.6 Å². The summed E-state index contributed by atoms with van der Waals surface area (Å²) >= 11 is 0. The van der Waals surface area contributed by atoms with Gasteiger partial charge in [-0.25, -0.2) is 4.79 Å². The van der Waals surface area contributed by atoms with Crippen LogP contribution in [0.5, 0.6) is 0 Å². The zero-order valence-electron chi connectivity index (χ0n) is 12.4. The third-order valence-electron chi connectivity index (χ3n) is 3.14. The molecule has 126 valence electrons. The highest BCUT2D eigenvalue weighted by Crippen LogP contribution is 2.18. The fourth-order valence-electron chi connectivity index (χ4n) is 2.17. The first-order valence-corrected chi connectivity index (χ1v) is 6.70. The fraction of sp³-hybridized carbons (Fsp3) is 0.750. The number of nitrogens with zero attached hydrogens (tertiary/aromatic N) is 2. The minimum absolute atomic E-state index is 0.146. The van der Waals surface area contributed by atoms with Crippen molar-refractivity contribution >= 4 is 17.8 Å². The van der Waals surface area contributed by atoms with Crippen LogP contribution in [0, 0.1) is 0 Å². The number of urea groups is 1. The molecule has 1 fully saturated rings. The molecule has 0 spiro atoms. The number of hydrogen-bond donors (Lipinski definition) is 2. The lowest BCUT2D eigenvalue weighted by Crippen LogP contribution is -2.49. The highest BCUT2D eigenvalue weighted by atomic mass is 19.4. The van der Waals surface area contributed by atoms with E-state index in [2.05, 4.69) is 0 Å². The summed E-state index contributed by atoms with van der Waals surface area (Å²) in [6, 6.07) is -1.66. The van der Waals surface area contributed by atoms with E-state index in [0.717, 1.165) is 6.42 Å². The van der Waals surface area contributed by atoms with Gasteiger partial charge >= 0.3 is 12.2 Å². The summed E-state index contributed by atoms with van der Waals surface area (Å²) < 4.78 is 35.8. The molecule has 0 radical (unpaired) electrons. The number of likely N-dealkylation sites (N-methyl/N-ethyl adjacent to an activating group) is 1. The first-order chi connectivity index (χ1) is 10.1. The van der Waals surface area contributed by atoms with E-state index in [1.54, 1.807) is 24.3 Å². The van der Waals surface area contributed by atoms with Crippen LogP contribution in [0.2, 0.25) is 0 Å². The summed E-state index contributed by atoms with van der Waals surface area (Å²) in [5.74, 6) is -0.898. The van der Waals surface area contributed by atoms with E-state index in [1.165, 1.54) is 4.90 Å². The van der Waals surface area contributed by atoms with Crippen LogP contribution in [0.4, 0.5) is 18.0 Å². The Kier molecular flexibility index (Phi) is 6.15. The van der Waals surface area contributed by atoms with Gasteiger partial charge in [0.2, 0.25) is 11.8 Å². The van der Waals surface area contributed by atoms with Gasteiger partial charge in [-0.3, -0.25) is 19.8 Å². The number of alkyl halides is 3. The molecule has 22 heavy (non-hydrogen) atoms. The SMILES string of the molecule is CN(C)C(=O)C1CCCN1CC(=O)NC(=O)NCC(F)(F)F. The Labute approximate surface area is 125 Å². The minimum Gasteiger partial charge on any atom is -0.347 e. The van der Waals surface area contributed by atoms with Crippen LogP contribution >= 0.6 is 0 Å². The molecule has 1 aliphatic heterocycles. The Balaban J connectivity index is 2.44. The van der Waals surface area contributed by atoms with Crippen molar-refractivity contribution in [3.05, 3.63) is 0 Å². The van der Waals surface area contributed by atoms with Gasteiger partial charge in [0, 0.05) is 14.1 Å². The van der Waals surface area contributed by atoms with Gasteiger partial charge in [0.1, 0.15) is 6.54 Å². The molecule has 10 heteroatoms. The molecule has 0 saturated carbocycles. The quantitative estimate of drug-likeness (QED) is 0.758. The highest BCUT2D eigenvalue weighted by molar-refractivity contribution is 5.95. The van der Waals surface area contributed by atoms with Gasteiger partial charge in [-0.1, -0.05) is 0 Å². The summed E-state index contributed by atoms with van der Waals surface area (Å²) in [5.41, 5.74) is 0. The van der Waals surface area contributed by atoms with Crippen LogP contribution in [0.3, 0.4) is 0 Å². The average Bonchev–Trinajstić information content (AvgIpc) is 2.82. The number of carbonyl (C=O) groups excluding carboxylic acids is 3. The van der Waals surface area contributed by atoms with Crippen molar-refractivity contribution in [2.75, 3.05) is 33.7 Å². The molecule has 1 atom stereocenters. The van der Waals surface area contributed by atoms with Crippen LogP contribution in [0.25, 0.3) is 0 Å². The number of rotatable bonds is 4. The summed E-state index contributed by atoms with van der Waals surface area (Å²) in [6.07, 6.45) is -3.21. The zero-order valence-corrected chi connectivity index (χ0v) is 12.4. The number of nitrogens with one attached hydrogen (secondary N) is 2. The number of hydrogen-bond acceptors (Lipinski definition) is 4. The van der Waals surface area contributed by atoms with Crippen LogP contribution in [-0.2, 0) is 9.59 Å². The number of likely N-dealkylation sites (tertiary alicyclic amines) is 1.